The summed E-state index contributed by atoms with van der Waals surface area (Å²) in [6, 6.07) is 0.327. The summed E-state index contributed by atoms with van der Waals surface area (Å²) in [4.78, 5) is 4.20. The first kappa shape index (κ1) is 12.5. The van der Waals surface area contributed by atoms with Crippen LogP contribution >= 0.6 is 11.6 Å². The summed E-state index contributed by atoms with van der Waals surface area (Å²) in [6.07, 6.45) is 1.59. The van der Waals surface area contributed by atoms with Crippen LogP contribution in [-0.4, -0.2) is 26.7 Å². The number of nitrogens with zero attached hydrogens (tertiary/aromatic N) is 3. The van der Waals surface area contributed by atoms with E-state index in [1.165, 1.54) is 0 Å². The van der Waals surface area contributed by atoms with Crippen molar-refractivity contribution < 1.29 is 0 Å². The average Bonchev–Trinajstić information content (AvgIpc) is 2.65. The summed E-state index contributed by atoms with van der Waals surface area (Å²) < 4.78 is 1.89. The predicted octanol–water partition coefficient (Wildman–Crippen LogP) is 1.65. The first-order valence-electron chi connectivity index (χ1n) is 5.35. The van der Waals surface area contributed by atoms with E-state index in [-0.39, 0.29) is 0 Å². The van der Waals surface area contributed by atoms with E-state index in [0.29, 0.717) is 17.8 Å². The predicted molar refractivity (Wildman–Crippen MR) is 61.9 cm³/mol. The van der Waals surface area contributed by atoms with Crippen molar-refractivity contribution in [3.63, 3.8) is 0 Å². The quantitative estimate of drug-likeness (QED) is 0.756. The van der Waals surface area contributed by atoms with Gasteiger partial charge in [0.05, 0.1) is 6.54 Å². The molecule has 0 saturated heterocycles. The molecule has 1 aromatic rings. The van der Waals surface area contributed by atoms with Gasteiger partial charge in [0, 0.05) is 18.5 Å². The van der Waals surface area contributed by atoms with E-state index in [9.17, 15) is 0 Å². The fraction of sp³-hybridized carbons (Fsp3) is 0.800. The van der Waals surface area contributed by atoms with E-state index in [0.717, 1.165) is 18.9 Å². The lowest BCUT2D eigenvalue weighted by molar-refractivity contribution is 0.418. The molecule has 0 saturated carbocycles. The third-order valence-electron chi connectivity index (χ3n) is 2.49. The molecule has 1 rings (SSSR count). The van der Waals surface area contributed by atoms with Crippen LogP contribution < -0.4 is 5.32 Å². The van der Waals surface area contributed by atoms with Gasteiger partial charge >= 0.3 is 0 Å². The molecule has 1 aromatic heterocycles. The number of alkyl halides is 1. The Kier molecular flexibility index (Phi) is 5.05. The maximum absolute atomic E-state index is 5.87. The van der Waals surface area contributed by atoms with Crippen molar-refractivity contribution >= 4 is 11.6 Å². The van der Waals surface area contributed by atoms with Gasteiger partial charge in [-0.2, -0.15) is 5.10 Å². The summed E-state index contributed by atoms with van der Waals surface area (Å²) in [6.45, 7) is 7.95. The molecule has 1 atom stereocenters. The van der Waals surface area contributed by atoms with Gasteiger partial charge in [0.15, 0.2) is 0 Å². The number of nitrogens with one attached hydrogen (secondary N) is 1. The van der Waals surface area contributed by atoms with Gasteiger partial charge < -0.3 is 5.32 Å². The number of hydrogen-bond donors (Lipinski definition) is 1. The number of aryl methyl sites for hydroxylation is 1. The maximum atomic E-state index is 5.87. The number of rotatable bonds is 6. The van der Waals surface area contributed by atoms with E-state index >= 15 is 0 Å². The zero-order valence-electron chi connectivity index (χ0n) is 9.57. The molecule has 0 aliphatic carbocycles. The van der Waals surface area contributed by atoms with E-state index in [1.807, 2.05) is 4.68 Å². The zero-order chi connectivity index (χ0) is 11.3. The summed E-state index contributed by atoms with van der Waals surface area (Å²) >= 11 is 5.87. The second-order valence-corrected chi connectivity index (χ2v) is 4.19. The van der Waals surface area contributed by atoms with Crippen LogP contribution in [-0.2, 0) is 13.1 Å². The molecular weight excluding hydrogens is 212 g/mol. The standard InChI is InChI=1S/C10H19ClN4/c1-4-15-10(13-7-14-15)6-12-9(5-11)8(2)3/h7-9,12H,4-6H2,1-3H3. The highest BCUT2D eigenvalue weighted by Crippen LogP contribution is 2.04. The van der Waals surface area contributed by atoms with Crippen LogP contribution in [0.15, 0.2) is 6.33 Å². The Morgan fingerprint density at radius 1 is 1.53 bits per heavy atom. The number of hydrogen-bond acceptors (Lipinski definition) is 3. The third-order valence-corrected chi connectivity index (χ3v) is 2.82. The van der Waals surface area contributed by atoms with Gasteiger partial charge in [-0.15, -0.1) is 11.6 Å². The fourth-order valence-electron chi connectivity index (χ4n) is 1.38. The van der Waals surface area contributed by atoms with Crippen LogP contribution in [0.3, 0.4) is 0 Å². The molecule has 0 fully saturated rings. The lowest BCUT2D eigenvalue weighted by Gasteiger charge is -2.19. The van der Waals surface area contributed by atoms with Crippen molar-refractivity contribution in [2.75, 3.05) is 5.88 Å². The Labute approximate surface area is 96.0 Å². The SMILES string of the molecule is CCn1ncnc1CNC(CCl)C(C)C. The Hall–Kier alpha value is -0.610. The Morgan fingerprint density at radius 2 is 2.27 bits per heavy atom. The van der Waals surface area contributed by atoms with Crippen LogP contribution in [0.1, 0.15) is 26.6 Å². The van der Waals surface area contributed by atoms with Crippen molar-refractivity contribution in [3.05, 3.63) is 12.2 Å². The molecular formula is C10H19ClN4. The highest BCUT2D eigenvalue weighted by molar-refractivity contribution is 6.18. The van der Waals surface area contributed by atoms with Gasteiger partial charge in [-0.1, -0.05) is 13.8 Å². The molecule has 0 aromatic carbocycles. The average molecular weight is 231 g/mol. The molecule has 0 radical (unpaired) electrons. The third kappa shape index (κ3) is 3.47. The van der Waals surface area contributed by atoms with Gasteiger partial charge in [0.25, 0.3) is 0 Å². The summed E-state index contributed by atoms with van der Waals surface area (Å²) in [5.41, 5.74) is 0. The second kappa shape index (κ2) is 6.08. The highest BCUT2D eigenvalue weighted by atomic mass is 35.5. The molecule has 0 bridgehead atoms. The van der Waals surface area contributed by atoms with Gasteiger partial charge in [0.2, 0.25) is 0 Å². The first-order valence-corrected chi connectivity index (χ1v) is 5.88. The zero-order valence-corrected chi connectivity index (χ0v) is 10.3. The Balaban J connectivity index is 2.48. The van der Waals surface area contributed by atoms with Crippen molar-refractivity contribution in [2.45, 2.75) is 39.9 Å². The van der Waals surface area contributed by atoms with E-state index in [2.05, 4.69) is 36.2 Å². The minimum atomic E-state index is 0.327. The molecule has 0 spiro atoms. The van der Waals surface area contributed by atoms with Gasteiger partial charge in [0.1, 0.15) is 12.2 Å². The molecule has 1 heterocycles. The van der Waals surface area contributed by atoms with Crippen LogP contribution in [0.4, 0.5) is 0 Å². The minimum absolute atomic E-state index is 0.327. The van der Waals surface area contributed by atoms with E-state index in [1.54, 1.807) is 6.33 Å². The Morgan fingerprint density at radius 3 is 2.80 bits per heavy atom. The smallest absolute Gasteiger partial charge is 0.140 e. The molecule has 15 heavy (non-hydrogen) atoms. The monoisotopic (exact) mass is 230 g/mol. The summed E-state index contributed by atoms with van der Waals surface area (Å²) in [5, 5.41) is 7.51. The van der Waals surface area contributed by atoms with Gasteiger partial charge in [-0.05, 0) is 12.8 Å². The topological polar surface area (TPSA) is 42.7 Å². The van der Waals surface area contributed by atoms with E-state index in [4.69, 9.17) is 11.6 Å². The van der Waals surface area contributed by atoms with Crippen LogP contribution in [0.2, 0.25) is 0 Å². The minimum Gasteiger partial charge on any atom is -0.306 e. The molecule has 0 aliphatic heterocycles. The summed E-state index contributed by atoms with van der Waals surface area (Å²) in [7, 11) is 0. The number of aromatic nitrogens is 3. The molecule has 1 unspecified atom stereocenters. The van der Waals surface area contributed by atoms with Crippen molar-refractivity contribution in [3.8, 4) is 0 Å². The second-order valence-electron chi connectivity index (χ2n) is 3.88. The van der Waals surface area contributed by atoms with Crippen LogP contribution in [0.5, 0.6) is 0 Å². The van der Waals surface area contributed by atoms with Crippen molar-refractivity contribution in [1.29, 1.82) is 0 Å². The molecule has 1 N–H and O–H groups in total. The molecule has 5 heteroatoms. The van der Waals surface area contributed by atoms with Crippen molar-refractivity contribution in [1.82, 2.24) is 20.1 Å². The lowest BCUT2D eigenvalue weighted by atomic mass is 10.1. The Bertz CT molecular complexity index is 285. The van der Waals surface area contributed by atoms with E-state index < -0.39 is 0 Å². The lowest BCUT2D eigenvalue weighted by Crippen LogP contribution is -2.35. The maximum Gasteiger partial charge on any atom is 0.140 e. The first-order chi connectivity index (χ1) is 7.19. The normalized spacial score (nSPS) is 13.4. The van der Waals surface area contributed by atoms with Gasteiger partial charge in [-0.25, -0.2) is 9.67 Å². The largest absolute Gasteiger partial charge is 0.306 e. The molecule has 4 nitrogen and oxygen atoms in total. The molecule has 86 valence electrons. The highest BCUT2D eigenvalue weighted by Gasteiger charge is 2.12. The van der Waals surface area contributed by atoms with Gasteiger partial charge in [-0.3, -0.25) is 0 Å². The van der Waals surface area contributed by atoms with Crippen LogP contribution in [0.25, 0.3) is 0 Å². The number of halogens is 1. The van der Waals surface area contributed by atoms with Crippen LogP contribution in [0, 0.1) is 5.92 Å². The summed E-state index contributed by atoms with van der Waals surface area (Å²) in [5.74, 6) is 2.12. The molecule has 0 aliphatic rings. The molecule has 0 amide bonds. The fourth-order valence-corrected chi connectivity index (χ4v) is 1.85. The van der Waals surface area contributed by atoms with Crippen molar-refractivity contribution in [2.24, 2.45) is 5.92 Å².